The minimum atomic E-state index is -0.318. The van der Waals surface area contributed by atoms with Crippen molar-refractivity contribution in [2.75, 3.05) is 19.1 Å². The summed E-state index contributed by atoms with van der Waals surface area (Å²) >= 11 is 6.18. The number of amides is 1. The van der Waals surface area contributed by atoms with Gasteiger partial charge in [-0.15, -0.1) is 0 Å². The molecule has 0 N–H and O–H groups in total. The zero-order chi connectivity index (χ0) is 22.9. The summed E-state index contributed by atoms with van der Waals surface area (Å²) < 4.78 is 17.2. The number of hydrogen-bond donors (Lipinski definition) is 0. The largest absolute Gasteiger partial charge is 0.497 e. The summed E-state index contributed by atoms with van der Waals surface area (Å²) in [6, 6.07) is 18.9. The molecule has 5 nitrogen and oxygen atoms in total. The first kappa shape index (κ1) is 21.7. The molecule has 0 aromatic heterocycles. The lowest BCUT2D eigenvalue weighted by Gasteiger charge is -2.38. The van der Waals surface area contributed by atoms with Gasteiger partial charge in [0.2, 0.25) is 5.91 Å². The predicted molar refractivity (Wildman–Crippen MR) is 129 cm³/mol. The van der Waals surface area contributed by atoms with E-state index in [-0.39, 0.29) is 24.5 Å². The highest BCUT2D eigenvalue weighted by molar-refractivity contribution is 6.30. The normalized spacial score (nSPS) is 17.8. The van der Waals surface area contributed by atoms with Gasteiger partial charge in [-0.2, -0.15) is 0 Å². The van der Waals surface area contributed by atoms with Gasteiger partial charge < -0.3 is 19.1 Å². The number of nitrogens with zero attached hydrogens (tertiary/aromatic N) is 1. The fourth-order valence-corrected chi connectivity index (χ4v) is 4.61. The van der Waals surface area contributed by atoms with Crippen LogP contribution in [0.15, 0.2) is 60.7 Å². The van der Waals surface area contributed by atoms with Crippen molar-refractivity contribution < 1.29 is 19.0 Å². The number of carbonyl (C=O) groups is 1. The first-order valence-electron chi connectivity index (χ1n) is 11.2. The molecule has 170 valence electrons. The van der Waals surface area contributed by atoms with Gasteiger partial charge in [0.15, 0.2) is 11.5 Å². The van der Waals surface area contributed by atoms with Crippen LogP contribution < -0.4 is 19.1 Å². The molecule has 0 saturated heterocycles. The second kappa shape index (κ2) is 8.99. The van der Waals surface area contributed by atoms with E-state index in [9.17, 15) is 4.79 Å². The number of carbonyl (C=O) groups excluding carboxylic acids is 1. The quantitative estimate of drug-likeness (QED) is 0.452. The summed E-state index contributed by atoms with van der Waals surface area (Å²) in [6.07, 6.45) is 3.79. The van der Waals surface area contributed by atoms with Crippen molar-refractivity contribution in [3.63, 3.8) is 0 Å². The highest BCUT2D eigenvalue weighted by Gasteiger charge is 2.36. The Morgan fingerprint density at radius 1 is 0.909 bits per heavy atom. The minimum Gasteiger partial charge on any atom is -0.497 e. The van der Waals surface area contributed by atoms with Crippen LogP contribution in [0.3, 0.4) is 0 Å². The van der Waals surface area contributed by atoms with Crippen LogP contribution >= 0.6 is 11.6 Å². The summed E-state index contributed by atoms with van der Waals surface area (Å²) in [6.45, 7) is 0. The van der Waals surface area contributed by atoms with Crippen LogP contribution in [0.1, 0.15) is 42.0 Å². The van der Waals surface area contributed by atoms with Crippen molar-refractivity contribution in [1.29, 1.82) is 0 Å². The smallest absolute Gasteiger partial charge is 0.232 e. The molecule has 0 radical (unpaired) electrons. The third kappa shape index (κ3) is 4.13. The number of rotatable bonds is 6. The maximum Gasteiger partial charge on any atom is 0.232 e. The monoisotopic (exact) mass is 463 g/mol. The van der Waals surface area contributed by atoms with E-state index >= 15 is 0 Å². The molecule has 1 aliphatic carbocycles. The summed E-state index contributed by atoms with van der Waals surface area (Å²) in [5.74, 6) is 2.15. The first-order chi connectivity index (χ1) is 16.1. The van der Waals surface area contributed by atoms with Gasteiger partial charge in [0.25, 0.3) is 0 Å². The summed E-state index contributed by atoms with van der Waals surface area (Å²) in [4.78, 5) is 15.3. The maximum absolute atomic E-state index is 13.5. The SMILES string of the molecule is COc1ccc(N2C(=O)Cc3cc(OC)c(OC4CCC4)cc3C2c2ccc(Cl)cc2)cc1. The zero-order valence-corrected chi connectivity index (χ0v) is 19.5. The average Bonchev–Trinajstić information content (AvgIpc) is 2.81. The first-order valence-corrected chi connectivity index (χ1v) is 11.5. The molecule has 0 bridgehead atoms. The van der Waals surface area contributed by atoms with Gasteiger partial charge in [0.1, 0.15) is 5.75 Å². The highest BCUT2D eigenvalue weighted by Crippen LogP contribution is 2.44. The number of halogens is 1. The minimum absolute atomic E-state index is 0.0160. The van der Waals surface area contributed by atoms with E-state index in [1.54, 1.807) is 14.2 Å². The third-order valence-electron chi connectivity index (χ3n) is 6.47. The Hall–Kier alpha value is -3.18. The molecule has 1 heterocycles. The van der Waals surface area contributed by atoms with Crippen LogP contribution in [-0.2, 0) is 11.2 Å². The molecule has 1 unspecified atom stereocenters. The predicted octanol–water partition coefficient (Wildman–Crippen LogP) is 5.97. The molecule has 5 rings (SSSR count). The summed E-state index contributed by atoms with van der Waals surface area (Å²) in [7, 11) is 3.27. The lowest BCUT2D eigenvalue weighted by atomic mass is 9.86. The third-order valence-corrected chi connectivity index (χ3v) is 6.72. The zero-order valence-electron chi connectivity index (χ0n) is 18.7. The van der Waals surface area contributed by atoms with Crippen molar-refractivity contribution in [2.24, 2.45) is 0 Å². The topological polar surface area (TPSA) is 48.0 Å². The van der Waals surface area contributed by atoms with Gasteiger partial charge in [-0.25, -0.2) is 0 Å². The number of methoxy groups -OCH3 is 2. The molecular weight excluding hydrogens is 438 g/mol. The van der Waals surface area contributed by atoms with E-state index in [0.717, 1.165) is 46.7 Å². The molecule has 1 aliphatic heterocycles. The Balaban J connectivity index is 1.65. The number of anilines is 1. The Labute approximate surface area is 198 Å². The van der Waals surface area contributed by atoms with Crippen molar-refractivity contribution in [1.82, 2.24) is 0 Å². The van der Waals surface area contributed by atoms with Gasteiger partial charge in [0, 0.05) is 10.7 Å². The van der Waals surface area contributed by atoms with Crippen molar-refractivity contribution in [3.05, 3.63) is 82.4 Å². The number of hydrogen-bond acceptors (Lipinski definition) is 4. The van der Waals surface area contributed by atoms with Crippen LogP contribution in [0.2, 0.25) is 5.02 Å². The molecule has 0 spiro atoms. The standard InChI is InChI=1S/C27H26ClNO4/c1-31-21-12-10-20(11-13-21)29-26(30)15-18-14-24(32-2)25(33-22-4-3-5-22)16-23(18)27(29)17-6-8-19(28)9-7-17/h6-14,16,22,27H,3-5,15H2,1-2H3. The molecule has 1 atom stereocenters. The van der Waals surface area contributed by atoms with Gasteiger partial charge in [-0.05, 0) is 84.5 Å². The van der Waals surface area contributed by atoms with Gasteiger partial charge in [-0.1, -0.05) is 23.7 Å². The second-order valence-corrected chi connectivity index (χ2v) is 8.90. The van der Waals surface area contributed by atoms with Gasteiger partial charge in [-0.3, -0.25) is 4.79 Å². The molecule has 33 heavy (non-hydrogen) atoms. The fourth-order valence-electron chi connectivity index (χ4n) is 4.49. The molecule has 3 aromatic carbocycles. The van der Waals surface area contributed by atoms with Crippen LogP contribution in [-0.4, -0.2) is 26.2 Å². The van der Waals surface area contributed by atoms with Crippen molar-refractivity contribution in [2.45, 2.75) is 37.8 Å². The Kier molecular flexibility index (Phi) is 5.90. The summed E-state index contributed by atoms with van der Waals surface area (Å²) in [5, 5.41) is 0.654. The van der Waals surface area contributed by atoms with Crippen molar-refractivity contribution in [3.8, 4) is 17.2 Å². The average molecular weight is 464 g/mol. The Morgan fingerprint density at radius 2 is 1.64 bits per heavy atom. The number of benzene rings is 3. The van der Waals surface area contributed by atoms with Crippen LogP contribution in [0.4, 0.5) is 5.69 Å². The molecule has 1 amide bonds. The molecule has 1 saturated carbocycles. The molecule has 1 fully saturated rings. The van der Waals surface area contributed by atoms with Crippen LogP contribution in [0.5, 0.6) is 17.2 Å². The number of ether oxygens (including phenoxy) is 3. The Morgan fingerprint density at radius 3 is 2.24 bits per heavy atom. The Bertz CT molecular complexity index is 1160. The van der Waals surface area contributed by atoms with E-state index < -0.39 is 0 Å². The number of fused-ring (bicyclic) bond motifs is 1. The van der Waals surface area contributed by atoms with E-state index in [4.69, 9.17) is 25.8 Å². The van der Waals surface area contributed by atoms with Gasteiger partial charge >= 0.3 is 0 Å². The second-order valence-electron chi connectivity index (χ2n) is 8.47. The van der Waals surface area contributed by atoms with Gasteiger partial charge in [0.05, 0.1) is 32.8 Å². The lowest BCUT2D eigenvalue weighted by Crippen LogP contribution is -2.41. The molecular formula is C27H26ClNO4. The van der Waals surface area contributed by atoms with E-state index in [2.05, 4.69) is 6.07 Å². The molecule has 3 aromatic rings. The molecule has 6 heteroatoms. The molecule has 2 aliphatic rings. The van der Waals surface area contributed by atoms with Crippen LogP contribution in [0.25, 0.3) is 0 Å². The van der Waals surface area contributed by atoms with E-state index in [1.165, 1.54) is 6.42 Å². The van der Waals surface area contributed by atoms with Crippen LogP contribution in [0, 0.1) is 0 Å². The fraction of sp³-hybridized carbons (Fsp3) is 0.296. The summed E-state index contributed by atoms with van der Waals surface area (Å²) in [5.41, 5.74) is 3.76. The van der Waals surface area contributed by atoms with E-state index in [1.807, 2.05) is 59.5 Å². The van der Waals surface area contributed by atoms with E-state index in [0.29, 0.717) is 10.8 Å². The lowest BCUT2D eigenvalue weighted by molar-refractivity contribution is -0.118. The maximum atomic E-state index is 13.5. The highest BCUT2D eigenvalue weighted by atomic mass is 35.5. The van der Waals surface area contributed by atoms with Crippen molar-refractivity contribution >= 4 is 23.2 Å².